The van der Waals surface area contributed by atoms with Crippen LogP contribution in [-0.4, -0.2) is 28.5 Å². The third kappa shape index (κ3) is 6.38. The molecule has 1 saturated carbocycles. The van der Waals surface area contributed by atoms with E-state index >= 15 is 0 Å². The van der Waals surface area contributed by atoms with Gasteiger partial charge in [-0.05, 0) is 59.0 Å². The fourth-order valence-corrected chi connectivity index (χ4v) is 4.65. The predicted molar refractivity (Wildman–Crippen MR) is 137 cm³/mol. The molecule has 0 bridgehead atoms. The number of carbonyl (C=O) groups is 2. The summed E-state index contributed by atoms with van der Waals surface area (Å²) < 4.78 is 6.17. The smallest absolute Gasteiger partial charge is 0.305 e. The lowest BCUT2D eigenvalue weighted by atomic mass is 9.87. The van der Waals surface area contributed by atoms with Crippen LogP contribution in [0.1, 0.15) is 74.6 Å². The molecule has 3 aromatic rings. The molecule has 0 saturated heterocycles. The maximum absolute atomic E-state index is 12.7. The van der Waals surface area contributed by atoms with Crippen LogP contribution in [0.5, 0.6) is 11.5 Å². The summed E-state index contributed by atoms with van der Waals surface area (Å²) >= 11 is 0. The first-order valence-corrected chi connectivity index (χ1v) is 12.4. The van der Waals surface area contributed by atoms with Crippen molar-refractivity contribution < 1.29 is 19.4 Å². The molecule has 184 valence electrons. The molecule has 0 aliphatic heterocycles. The monoisotopic (exact) mass is 474 g/mol. The molecule has 1 heterocycles. The number of nitrogens with one attached hydrogen (secondary N) is 1. The number of aliphatic carboxylic acids is 1. The van der Waals surface area contributed by atoms with Gasteiger partial charge in [-0.2, -0.15) is 0 Å². The third-order valence-corrected chi connectivity index (χ3v) is 6.65. The van der Waals surface area contributed by atoms with E-state index in [-0.39, 0.29) is 24.3 Å². The zero-order valence-electron chi connectivity index (χ0n) is 20.8. The number of benzene rings is 2. The summed E-state index contributed by atoms with van der Waals surface area (Å²) in [5.41, 5.74) is 2.55. The van der Waals surface area contributed by atoms with Crippen molar-refractivity contribution in [1.29, 1.82) is 0 Å². The van der Waals surface area contributed by atoms with Gasteiger partial charge in [0.15, 0.2) is 0 Å². The number of aromatic nitrogens is 1. The lowest BCUT2D eigenvalue weighted by Gasteiger charge is -2.19. The van der Waals surface area contributed by atoms with Gasteiger partial charge < -0.3 is 15.2 Å². The first kappa shape index (κ1) is 24.7. The van der Waals surface area contributed by atoms with Crippen LogP contribution < -0.4 is 10.1 Å². The molecular weight excluding hydrogens is 440 g/mol. The van der Waals surface area contributed by atoms with Gasteiger partial charge in [-0.25, -0.2) is 4.98 Å². The molecule has 6 nitrogen and oxygen atoms in total. The highest BCUT2D eigenvalue weighted by molar-refractivity contribution is 5.97. The van der Waals surface area contributed by atoms with Gasteiger partial charge in [-0.15, -0.1) is 0 Å². The number of carboxylic acid groups (broad SMARTS) is 1. The van der Waals surface area contributed by atoms with Crippen LogP contribution in [-0.2, 0) is 16.6 Å². The average molecular weight is 475 g/mol. The summed E-state index contributed by atoms with van der Waals surface area (Å²) in [6.45, 7) is 6.63. The minimum Gasteiger partial charge on any atom is -0.481 e. The van der Waals surface area contributed by atoms with Crippen molar-refractivity contribution >= 4 is 22.6 Å². The number of pyridine rings is 1. The van der Waals surface area contributed by atoms with Crippen LogP contribution in [0.3, 0.4) is 0 Å². The van der Waals surface area contributed by atoms with Crippen LogP contribution in [0.4, 0.5) is 0 Å². The molecule has 2 N–H and O–H groups in total. The van der Waals surface area contributed by atoms with Gasteiger partial charge in [0.05, 0.1) is 6.42 Å². The second-order valence-electron chi connectivity index (χ2n) is 10.5. The Kier molecular flexibility index (Phi) is 7.39. The molecule has 4 rings (SSSR count). The Bertz CT molecular complexity index is 1210. The largest absolute Gasteiger partial charge is 0.481 e. The molecule has 1 amide bonds. The van der Waals surface area contributed by atoms with Crippen LogP contribution in [0.15, 0.2) is 48.5 Å². The molecule has 1 aliphatic carbocycles. The molecule has 1 fully saturated rings. The van der Waals surface area contributed by atoms with E-state index in [1.807, 2.05) is 30.3 Å². The number of hydrogen-bond acceptors (Lipinski definition) is 4. The SMILES string of the molecule is CC(C)(C)c1ccc(Oc2ccc3cc(C(=O)NCCC(=O)O)nc(CC4CCCC4)c3c2)cc1. The Hall–Kier alpha value is -3.41. The van der Waals surface area contributed by atoms with Gasteiger partial charge in [-0.3, -0.25) is 9.59 Å². The molecule has 1 aliphatic rings. The normalized spacial score (nSPS) is 14.3. The van der Waals surface area contributed by atoms with Crippen molar-refractivity contribution in [3.05, 3.63) is 65.5 Å². The highest BCUT2D eigenvalue weighted by atomic mass is 16.5. The molecule has 1 aromatic heterocycles. The first-order valence-electron chi connectivity index (χ1n) is 12.4. The number of ether oxygens (including phenoxy) is 1. The van der Waals surface area contributed by atoms with Gasteiger partial charge in [-0.1, -0.05) is 64.7 Å². The maximum atomic E-state index is 12.7. The lowest BCUT2D eigenvalue weighted by molar-refractivity contribution is -0.136. The van der Waals surface area contributed by atoms with Crippen LogP contribution in [0.2, 0.25) is 0 Å². The van der Waals surface area contributed by atoms with Crippen molar-refractivity contribution in [2.24, 2.45) is 5.92 Å². The third-order valence-electron chi connectivity index (χ3n) is 6.65. The maximum Gasteiger partial charge on any atom is 0.305 e. The van der Waals surface area contributed by atoms with Gasteiger partial charge in [0, 0.05) is 17.6 Å². The van der Waals surface area contributed by atoms with Gasteiger partial charge in [0.2, 0.25) is 0 Å². The standard InChI is InChI=1S/C29H34N2O4/c1-29(2,3)21-9-12-22(13-10-21)35-23-11-8-20-17-26(28(34)30-15-14-27(32)33)31-25(24(20)18-23)16-19-6-4-5-7-19/h8-13,17-19H,4-7,14-16H2,1-3H3,(H,30,34)(H,32,33). The minimum atomic E-state index is -0.945. The minimum absolute atomic E-state index is 0.0760. The number of carboxylic acids is 1. The average Bonchev–Trinajstić information content (AvgIpc) is 3.32. The van der Waals surface area contributed by atoms with Crippen molar-refractivity contribution in [2.75, 3.05) is 6.54 Å². The summed E-state index contributed by atoms with van der Waals surface area (Å²) in [5.74, 6) is 0.774. The fourth-order valence-electron chi connectivity index (χ4n) is 4.65. The lowest BCUT2D eigenvalue weighted by Crippen LogP contribution is -2.27. The number of carbonyl (C=O) groups excluding carboxylic acids is 1. The number of nitrogens with zero attached hydrogens (tertiary/aromatic N) is 1. The number of rotatable bonds is 8. The molecular formula is C29H34N2O4. The van der Waals surface area contributed by atoms with Crippen LogP contribution in [0, 0.1) is 5.92 Å². The Morgan fingerprint density at radius 2 is 1.71 bits per heavy atom. The van der Waals surface area contributed by atoms with Gasteiger partial charge in [0.25, 0.3) is 5.91 Å². The second kappa shape index (κ2) is 10.5. The highest BCUT2D eigenvalue weighted by Crippen LogP contribution is 2.33. The first-order chi connectivity index (χ1) is 16.7. The van der Waals surface area contributed by atoms with Crippen LogP contribution in [0.25, 0.3) is 10.8 Å². The van der Waals surface area contributed by atoms with Crippen molar-refractivity contribution in [2.45, 2.75) is 64.7 Å². The van der Waals surface area contributed by atoms with E-state index in [0.717, 1.165) is 34.4 Å². The van der Waals surface area contributed by atoms with Crippen molar-refractivity contribution in [3.63, 3.8) is 0 Å². The molecule has 0 spiro atoms. The molecule has 0 atom stereocenters. The van der Waals surface area contributed by atoms with E-state index in [0.29, 0.717) is 11.6 Å². The Morgan fingerprint density at radius 3 is 2.37 bits per heavy atom. The quantitative estimate of drug-likeness (QED) is 0.402. The molecule has 35 heavy (non-hydrogen) atoms. The zero-order chi connectivity index (χ0) is 25.0. The molecule has 0 radical (unpaired) electrons. The van der Waals surface area contributed by atoms with E-state index in [2.05, 4.69) is 38.2 Å². The van der Waals surface area contributed by atoms with E-state index < -0.39 is 5.97 Å². The van der Waals surface area contributed by atoms with Crippen LogP contribution >= 0.6 is 0 Å². The van der Waals surface area contributed by atoms with Gasteiger partial charge >= 0.3 is 5.97 Å². The van der Waals surface area contributed by atoms with E-state index in [4.69, 9.17) is 14.8 Å². The topological polar surface area (TPSA) is 88.5 Å². The Labute approximate surface area is 206 Å². The summed E-state index contributed by atoms with van der Waals surface area (Å²) in [6.07, 6.45) is 5.51. The number of amides is 1. The zero-order valence-corrected chi connectivity index (χ0v) is 20.8. The molecule has 0 unspecified atom stereocenters. The summed E-state index contributed by atoms with van der Waals surface area (Å²) in [5, 5.41) is 13.4. The van der Waals surface area contributed by atoms with E-state index in [1.54, 1.807) is 6.07 Å². The number of hydrogen-bond donors (Lipinski definition) is 2. The van der Waals surface area contributed by atoms with Crippen molar-refractivity contribution in [1.82, 2.24) is 10.3 Å². The summed E-state index contributed by atoms with van der Waals surface area (Å²) in [4.78, 5) is 28.2. The summed E-state index contributed by atoms with van der Waals surface area (Å²) in [6, 6.07) is 15.8. The van der Waals surface area contributed by atoms with Crippen molar-refractivity contribution in [3.8, 4) is 11.5 Å². The molecule has 6 heteroatoms. The van der Waals surface area contributed by atoms with E-state index in [9.17, 15) is 9.59 Å². The molecule has 2 aromatic carbocycles. The van der Waals surface area contributed by atoms with E-state index in [1.165, 1.54) is 31.2 Å². The predicted octanol–water partition coefficient (Wildman–Crippen LogP) is 6.26. The van der Waals surface area contributed by atoms with Gasteiger partial charge in [0.1, 0.15) is 17.2 Å². The Morgan fingerprint density at radius 1 is 1.03 bits per heavy atom. The highest BCUT2D eigenvalue weighted by Gasteiger charge is 2.20. The number of fused-ring (bicyclic) bond motifs is 1. The second-order valence-corrected chi connectivity index (χ2v) is 10.5. The fraction of sp³-hybridized carbons (Fsp3) is 0.414. The summed E-state index contributed by atoms with van der Waals surface area (Å²) in [7, 11) is 0. The Balaban J connectivity index is 1.62.